The topological polar surface area (TPSA) is 81.7 Å². The minimum atomic E-state index is -3.47. The van der Waals surface area contributed by atoms with Gasteiger partial charge in [0.2, 0.25) is 0 Å². The number of carbonyl (C=O) groups is 1. The van der Waals surface area contributed by atoms with Crippen LogP contribution in [0.3, 0.4) is 0 Å². The van der Waals surface area contributed by atoms with Gasteiger partial charge in [-0.15, -0.1) is 0 Å². The summed E-state index contributed by atoms with van der Waals surface area (Å²) >= 11 is 0. The summed E-state index contributed by atoms with van der Waals surface area (Å²) in [5.74, 6) is -1.40. The summed E-state index contributed by atoms with van der Waals surface area (Å²) in [7, 11) is -1.96. The lowest BCUT2D eigenvalue weighted by molar-refractivity contribution is -0.139. The van der Waals surface area contributed by atoms with Crippen molar-refractivity contribution in [2.24, 2.45) is 0 Å². The normalized spacial score (nSPS) is 13.3. The number of nitrogens with one attached hydrogen (secondary N) is 1. The summed E-state index contributed by atoms with van der Waals surface area (Å²) < 4.78 is 33.1. The SMILES string of the molecule is CCCNC(COC)CS(=O)(=O)CC(=O)OCC. The molecule has 0 aromatic carbocycles. The van der Waals surface area contributed by atoms with Crippen molar-refractivity contribution in [3.63, 3.8) is 0 Å². The average Bonchev–Trinajstić information content (AvgIpc) is 2.25. The molecular weight excluding hydrogens is 258 g/mol. The molecule has 108 valence electrons. The number of sulfone groups is 1. The van der Waals surface area contributed by atoms with E-state index in [9.17, 15) is 13.2 Å². The molecule has 18 heavy (non-hydrogen) atoms. The van der Waals surface area contributed by atoms with Crippen LogP contribution >= 0.6 is 0 Å². The van der Waals surface area contributed by atoms with E-state index >= 15 is 0 Å². The molecule has 0 aliphatic carbocycles. The zero-order chi connectivity index (χ0) is 14.0. The average molecular weight is 281 g/mol. The molecular formula is C11H23NO5S. The minimum Gasteiger partial charge on any atom is -0.465 e. The van der Waals surface area contributed by atoms with Gasteiger partial charge >= 0.3 is 5.97 Å². The van der Waals surface area contributed by atoms with E-state index < -0.39 is 21.6 Å². The van der Waals surface area contributed by atoms with Crippen LogP contribution in [0.5, 0.6) is 0 Å². The second-order valence-corrected chi connectivity index (χ2v) is 6.08. The lowest BCUT2D eigenvalue weighted by atomic mass is 10.3. The standard InChI is InChI=1S/C11H23NO5S/c1-4-6-12-10(7-16-3)8-18(14,15)9-11(13)17-5-2/h10,12H,4-9H2,1-3H3. The lowest BCUT2D eigenvalue weighted by Gasteiger charge is -2.17. The zero-order valence-electron chi connectivity index (χ0n) is 11.3. The van der Waals surface area contributed by atoms with Gasteiger partial charge in [-0.1, -0.05) is 6.92 Å². The third-order valence-corrected chi connectivity index (χ3v) is 3.73. The molecule has 0 saturated carbocycles. The number of rotatable bonds is 10. The van der Waals surface area contributed by atoms with Gasteiger partial charge in [0.1, 0.15) is 5.75 Å². The monoisotopic (exact) mass is 281 g/mol. The van der Waals surface area contributed by atoms with Gasteiger partial charge in [-0.05, 0) is 19.9 Å². The first-order valence-corrected chi connectivity index (χ1v) is 7.85. The van der Waals surface area contributed by atoms with Gasteiger partial charge in [0.25, 0.3) is 0 Å². The summed E-state index contributed by atoms with van der Waals surface area (Å²) in [6, 6.07) is -0.297. The van der Waals surface area contributed by atoms with Crippen molar-refractivity contribution in [1.29, 1.82) is 0 Å². The Labute approximate surface area is 109 Å². The van der Waals surface area contributed by atoms with E-state index in [1.807, 2.05) is 6.92 Å². The molecule has 1 unspecified atom stereocenters. The van der Waals surface area contributed by atoms with Crippen molar-refractivity contribution < 1.29 is 22.7 Å². The fourth-order valence-electron chi connectivity index (χ4n) is 1.46. The largest absolute Gasteiger partial charge is 0.465 e. The number of ether oxygens (including phenoxy) is 2. The Kier molecular flexibility index (Phi) is 8.95. The van der Waals surface area contributed by atoms with Gasteiger partial charge in [0.15, 0.2) is 9.84 Å². The maximum atomic E-state index is 11.8. The fourth-order valence-corrected chi connectivity index (χ4v) is 2.85. The number of methoxy groups -OCH3 is 1. The van der Waals surface area contributed by atoms with E-state index in [4.69, 9.17) is 4.74 Å². The highest BCUT2D eigenvalue weighted by atomic mass is 32.2. The van der Waals surface area contributed by atoms with Crippen LogP contribution in [-0.2, 0) is 24.1 Å². The molecule has 0 rings (SSSR count). The van der Waals surface area contributed by atoms with E-state index in [-0.39, 0.29) is 18.4 Å². The highest BCUT2D eigenvalue weighted by molar-refractivity contribution is 7.92. The Morgan fingerprint density at radius 1 is 1.33 bits per heavy atom. The van der Waals surface area contributed by atoms with Crippen LogP contribution in [0, 0.1) is 0 Å². The molecule has 0 aromatic rings. The zero-order valence-corrected chi connectivity index (χ0v) is 12.1. The van der Waals surface area contributed by atoms with E-state index in [1.165, 1.54) is 7.11 Å². The van der Waals surface area contributed by atoms with Crippen LogP contribution in [0.15, 0.2) is 0 Å². The van der Waals surface area contributed by atoms with Crippen LogP contribution in [-0.4, -0.2) is 58.8 Å². The molecule has 0 amide bonds. The van der Waals surface area contributed by atoms with Crippen molar-refractivity contribution >= 4 is 15.8 Å². The summed E-state index contributed by atoms with van der Waals surface area (Å²) in [4.78, 5) is 11.2. The third-order valence-electron chi connectivity index (χ3n) is 2.15. The van der Waals surface area contributed by atoms with Crippen LogP contribution < -0.4 is 5.32 Å². The Bertz CT molecular complexity index is 328. The molecule has 0 bridgehead atoms. The molecule has 0 spiro atoms. The Hall–Kier alpha value is -0.660. The van der Waals surface area contributed by atoms with Crippen molar-refractivity contribution in [3.8, 4) is 0 Å². The number of hydrogen-bond donors (Lipinski definition) is 1. The first kappa shape index (κ1) is 17.3. The molecule has 0 aliphatic rings. The van der Waals surface area contributed by atoms with Gasteiger partial charge in [0.05, 0.1) is 19.0 Å². The van der Waals surface area contributed by atoms with Crippen LogP contribution in [0.2, 0.25) is 0 Å². The quantitative estimate of drug-likeness (QED) is 0.567. The van der Waals surface area contributed by atoms with Gasteiger partial charge < -0.3 is 14.8 Å². The summed E-state index contributed by atoms with van der Waals surface area (Å²) in [6.45, 7) is 4.82. The van der Waals surface area contributed by atoms with Crippen LogP contribution in [0.4, 0.5) is 0 Å². The Balaban J connectivity index is 4.35. The molecule has 0 saturated heterocycles. The van der Waals surface area contributed by atoms with Crippen molar-refractivity contribution in [2.45, 2.75) is 26.3 Å². The van der Waals surface area contributed by atoms with E-state index in [1.54, 1.807) is 6.92 Å². The molecule has 6 nitrogen and oxygen atoms in total. The second-order valence-electron chi connectivity index (χ2n) is 3.97. The predicted octanol–water partition coefficient (Wildman–Crippen LogP) is -0.0211. The summed E-state index contributed by atoms with van der Waals surface area (Å²) in [6.07, 6.45) is 0.901. The number of esters is 1. The first-order valence-electron chi connectivity index (χ1n) is 6.03. The molecule has 0 aromatic heterocycles. The molecule has 1 atom stereocenters. The minimum absolute atomic E-state index is 0.125. The maximum absolute atomic E-state index is 11.8. The Morgan fingerprint density at radius 2 is 2.00 bits per heavy atom. The first-order chi connectivity index (χ1) is 8.45. The van der Waals surface area contributed by atoms with Crippen molar-refractivity contribution in [1.82, 2.24) is 5.32 Å². The highest BCUT2D eigenvalue weighted by Gasteiger charge is 2.22. The lowest BCUT2D eigenvalue weighted by Crippen LogP contribution is -2.41. The highest BCUT2D eigenvalue weighted by Crippen LogP contribution is 1.98. The molecule has 0 fully saturated rings. The Morgan fingerprint density at radius 3 is 2.50 bits per heavy atom. The van der Waals surface area contributed by atoms with Crippen molar-refractivity contribution in [2.75, 3.05) is 38.4 Å². The molecule has 1 N–H and O–H groups in total. The van der Waals surface area contributed by atoms with Gasteiger partial charge in [0, 0.05) is 13.2 Å². The molecule has 0 heterocycles. The third kappa shape index (κ3) is 8.43. The van der Waals surface area contributed by atoms with E-state index in [0.717, 1.165) is 6.42 Å². The smallest absolute Gasteiger partial charge is 0.321 e. The van der Waals surface area contributed by atoms with E-state index in [2.05, 4.69) is 10.1 Å². The van der Waals surface area contributed by atoms with E-state index in [0.29, 0.717) is 13.2 Å². The van der Waals surface area contributed by atoms with Gasteiger partial charge in [-0.3, -0.25) is 4.79 Å². The molecule has 0 aliphatic heterocycles. The van der Waals surface area contributed by atoms with Crippen LogP contribution in [0.1, 0.15) is 20.3 Å². The maximum Gasteiger partial charge on any atom is 0.321 e. The molecule has 7 heteroatoms. The predicted molar refractivity (Wildman–Crippen MR) is 69.2 cm³/mol. The fraction of sp³-hybridized carbons (Fsp3) is 0.909. The van der Waals surface area contributed by atoms with Crippen LogP contribution in [0.25, 0.3) is 0 Å². The van der Waals surface area contributed by atoms with Crippen molar-refractivity contribution in [3.05, 3.63) is 0 Å². The molecule has 0 radical (unpaired) electrons. The summed E-state index contributed by atoms with van der Waals surface area (Å²) in [5, 5.41) is 3.08. The number of hydrogen-bond acceptors (Lipinski definition) is 6. The number of carbonyl (C=O) groups excluding carboxylic acids is 1. The summed E-state index contributed by atoms with van der Waals surface area (Å²) in [5.41, 5.74) is 0. The van der Waals surface area contributed by atoms with Gasteiger partial charge in [-0.2, -0.15) is 0 Å². The van der Waals surface area contributed by atoms with Gasteiger partial charge in [-0.25, -0.2) is 8.42 Å². The second kappa shape index (κ2) is 9.29.